The molecule has 0 aliphatic heterocycles. The first kappa shape index (κ1) is 16.5. The molecular formula is C19H22N6O. The van der Waals surface area contributed by atoms with E-state index in [2.05, 4.69) is 20.6 Å². The van der Waals surface area contributed by atoms with Crippen LogP contribution in [0.4, 0.5) is 17.5 Å². The molecular weight excluding hydrogens is 328 g/mol. The van der Waals surface area contributed by atoms with Gasteiger partial charge in [0.25, 0.3) is 5.56 Å². The van der Waals surface area contributed by atoms with Crippen LogP contribution < -0.4 is 16.2 Å². The van der Waals surface area contributed by atoms with E-state index in [-0.39, 0.29) is 5.56 Å². The van der Waals surface area contributed by atoms with E-state index in [1.54, 1.807) is 23.2 Å². The van der Waals surface area contributed by atoms with Crippen molar-refractivity contribution >= 4 is 28.2 Å². The average Bonchev–Trinajstić information content (AvgIpc) is 3.16. The Labute approximate surface area is 151 Å². The lowest BCUT2D eigenvalue weighted by Crippen LogP contribution is -2.22. The smallest absolute Gasteiger partial charge is 0.262 e. The van der Waals surface area contributed by atoms with Gasteiger partial charge in [-0.15, -0.1) is 0 Å². The van der Waals surface area contributed by atoms with Gasteiger partial charge in [-0.05, 0) is 37.3 Å². The quantitative estimate of drug-likeness (QED) is 0.734. The van der Waals surface area contributed by atoms with Crippen LogP contribution in [-0.4, -0.2) is 25.6 Å². The third-order valence-electron chi connectivity index (χ3n) is 4.81. The van der Waals surface area contributed by atoms with Crippen LogP contribution in [0.25, 0.3) is 10.8 Å². The number of fused-ring (bicyclic) bond motifs is 1. The molecule has 26 heavy (non-hydrogen) atoms. The third kappa shape index (κ3) is 3.24. The Morgan fingerprint density at radius 2 is 2.08 bits per heavy atom. The number of pyridine rings is 2. The Hall–Kier alpha value is -2.96. The van der Waals surface area contributed by atoms with Gasteiger partial charge in [0.05, 0.1) is 11.6 Å². The van der Waals surface area contributed by atoms with Crippen LogP contribution in [0.3, 0.4) is 0 Å². The minimum Gasteiger partial charge on any atom is -0.367 e. The minimum atomic E-state index is -0.0101. The highest BCUT2D eigenvalue weighted by atomic mass is 16.1. The Balaban J connectivity index is 1.80. The predicted molar refractivity (Wildman–Crippen MR) is 103 cm³/mol. The van der Waals surface area contributed by atoms with Crippen molar-refractivity contribution in [3.8, 4) is 0 Å². The van der Waals surface area contributed by atoms with Gasteiger partial charge in [0, 0.05) is 31.2 Å². The summed E-state index contributed by atoms with van der Waals surface area (Å²) in [5.74, 6) is 1.91. The maximum atomic E-state index is 12.9. The molecule has 2 N–H and O–H groups in total. The normalized spacial score (nSPS) is 14.7. The second-order valence-electron chi connectivity index (χ2n) is 6.57. The molecule has 1 fully saturated rings. The van der Waals surface area contributed by atoms with Crippen molar-refractivity contribution in [3.63, 3.8) is 0 Å². The van der Waals surface area contributed by atoms with E-state index in [0.717, 1.165) is 18.2 Å². The van der Waals surface area contributed by atoms with Gasteiger partial charge in [0.1, 0.15) is 17.5 Å². The van der Waals surface area contributed by atoms with E-state index in [9.17, 15) is 4.79 Å². The van der Waals surface area contributed by atoms with Crippen molar-refractivity contribution in [2.75, 3.05) is 10.6 Å². The predicted octanol–water partition coefficient (Wildman–Crippen LogP) is 3.30. The highest BCUT2D eigenvalue weighted by molar-refractivity contribution is 5.93. The summed E-state index contributed by atoms with van der Waals surface area (Å²) in [4.78, 5) is 25.9. The number of nitrogens with one attached hydrogen (secondary N) is 2. The summed E-state index contributed by atoms with van der Waals surface area (Å²) in [6, 6.07) is 4.21. The molecule has 1 aliphatic carbocycles. The largest absolute Gasteiger partial charge is 0.367 e. The Kier molecular flexibility index (Phi) is 4.51. The van der Waals surface area contributed by atoms with Crippen LogP contribution in [0.15, 0.2) is 41.7 Å². The van der Waals surface area contributed by atoms with Crippen molar-refractivity contribution in [2.45, 2.75) is 45.2 Å². The molecule has 7 nitrogen and oxygen atoms in total. The molecule has 134 valence electrons. The van der Waals surface area contributed by atoms with Gasteiger partial charge in [-0.25, -0.2) is 9.97 Å². The Bertz CT molecular complexity index is 963. The van der Waals surface area contributed by atoms with Crippen LogP contribution in [0, 0.1) is 0 Å². The maximum absolute atomic E-state index is 12.9. The van der Waals surface area contributed by atoms with Gasteiger partial charge < -0.3 is 15.2 Å². The topological polar surface area (TPSA) is 84.7 Å². The lowest BCUT2D eigenvalue weighted by molar-refractivity contribution is 0.732. The first-order valence-corrected chi connectivity index (χ1v) is 9.08. The lowest BCUT2D eigenvalue weighted by atomic mass is 10.1. The van der Waals surface area contributed by atoms with Crippen LogP contribution in [0.5, 0.6) is 0 Å². The summed E-state index contributed by atoms with van der Waals surface area (Å²) >= 11 is 0. The standard InChI is InChI=1S/C19H22N6O/c1-2-25-10-7-13-11-15(23-16-12-20-8-9-21-16)24-18(17(13)19(25)26)22-14-5-3-4-6-14/h7-12,14H,2-6H2,1H3,(H2,21,22,23,24). The number of aryl methyl sites for hydroxylation is 1. The number of hydrogen-bond donors (Lipinski definition) is 2. The first-order chi connectivity index (χ1) is 12.7. The summed E-state index contributed by atoms with van der Waals surface area (Å²) in [7, 11) is 0. The van der Waals surface area contributed by atoms with E-state index in [4.69, 9.17) is 4.98 Å². The second-order valence-corrected chi connectivity index (χ2v) is 6.57. The summed E-state index contributed by atoms with van der Waals surface area (Å²) in [5.41, 5.74) is -0.0101. The molecule has 0 amide bonds. The molecule has 1 aliphatic rings. The lowest BCUT2D eigenvalue weighted by Gasteiger charge is -2.17. The fourth-order valence-corrected chi connectivity index (χ4v) is 3.48. The molecule has 3 aromatic rings. The van der Waals surface area contributed by atoms with Crippen molar-refractivity contribution in [1.82, 2.24) is 19.5 Å². The van der Waals surface area contributed by atoms with Crippen LogP contribution in [0.2, 0.25) is 0 Å². The maximum Gasteiger partial charge on any atom is 0.262 e. The van der Waals surface area contributed by atoms with Gasteiger partial charge in [-0.1, -0.05) is 12.8 Å². The number of anilines is 3. The molecule has 1 saturated carbocycles. The zero-order valence-corrected chi connectivity index (χ0v) is 14.8. The summed E-state index contributed by atoms with van der Waals surface area (Å²) in [6.07, 6.45) is 11.4. The number of rotatable bonds is 5. The van der Waals surface area contributed by atoms with Crippen molar-refractivity contribution in [3.05, 3.63) is 47.3 Å². The molecule has 0 aromatic carbocycles. The van der Waals surface area contributed by atoms with E-state index in [0.29, 0.717) is 35.4 Å². The SMILES string of the molecule is CCn1ccc2cc(Nc3cnccn3)nc(NC3CCCC3)c2c1=O. The summed E-state index contributed by atoms with van der Waals surface area (Å²) < 4.78 is 1.71. The zero-order valence-electron chi connectivity index (χ0n) is 14.8. The van der Waals surface area contributed by atoms with E-state index in [1.165, 1.54) is 12.8 Å². The van der Waals surface area contributed by atoms with Gasteiger partial charge in [0.2, 0.25) is 0 Å². The van der Waals surface area contributed by atoms with Crippen molar-refractivity contribution in [1.29, 1.82) is 0 Å². The highest BCUT2D eigenvalue weighted by Gasteiger charge is 2.18. The first-order valence-electron chi connectivity index (χ1n) is 9.08. The van der Waals surface area contributed by atoms with Crippen LogP contribution in [-0.2, 0) is 6.54 Å². The molecule has 0 bridgehead atoms. The van der Waals surface area contributed by atoms with Gasteiger partial charge >= 0.3 is 0 Å². The minimum absolute atomic E-state index is 0.0101. The fourth-order valence-electron chi connectivity index (χ4n) is 3.48. The molecule has 0 radical (unpaired) electrons. The molecule has 4 rings (SSSR count). The van der Waals surface area contributed by atoms with Gasteiger partial charge in [0.15, 0.2) is 0 Å². The molecule has 0 spiro atoms. The van der Waals surface area contributed by atoms with Gasteiger partial charge in [-0.2, -0.15) is 0 Å². The monoisotopic (exact) mass is 350 g/mol. The molecule has 3 heterocycles. The molecule has 3 aromatic heterocycles. The number of hydrogen-bond acceptors (Lipinski definition) is 6. The molecule has 0 atom stereocenters. The second kappa shape index (κ2) is 7.11. The van der Waals surface area contributed by atoms with E-state index in [1.807, 2.05) is 25.3 Å². The van der Waals surface area contributed by atoms with Crippen LogP contribution >= 0.6 is 0 Å². The average molecular weight is 350 g/mol. The molecule has 0 saturated heterocycles. The Morgan fingerprint density at radius 3 is 2.81 bits per heavy atom. The number of aromatic nitrogens is 4. The summed E-state index contributed by atoms with van der Waals surface area (Å²) in [6.45, 7) is 2.60. The van der Waals surface area contributed by atoms with E-state index < -0.39 is 0 Å². The molecule has 0 unspecified atom stereocenters. The third-order valence-corrected chi connectivity index (χ3v) is 4.81. The fraction of sp³-hybridized carbons (Fsp3) is 0.368. The zero-order chi connectivity index (χ0) is 17.9. The van der Waals surface area contributed by atoms with E-state index >= 15 is 0 Å². The van der Waals surface area contributed by atoms with Crippen molar-refractivity contribution < 1.29 is 0 Å². The Morgan fingerprint density at radius 1 is 1.23 bits per heavy atom. The number of nitrogens with zero attached hydrogens (tertiary/aromatic N) is 4. The van der Waals surface area contributed by atoms with Crippen LogP contribution in [0.1, 0.15) is 32.6 Å². The van der Waals surface area contributed by atoms with Crippen molar-refractivity contribution in [2.24, 2.45) is 0 Å². The van der Waals surface area contributed by atoms with Gasteiger partial charge in [-0.3, -0.25) is 9.78 Å². The molecule has 7 heteroatoms. The summed E-state index contributed by atoms with van der Waals surface area (Å²) in [5, 5.41) is 8.18. The highest BCUT2D eigenvalue weighted by Crippen LogP contribution is 2.27.